The quantitative estimate of drug-likeness (QED) is 0.580. The number of hydroxylamine groups is 2. The molecule has 4 rings (SSSR count). The Labute approximate surface area is 156 Å². The molecule has 3 fully saturated rings. The van der Waals surface area contributed by atoms with Crippen molar-refractivity contribution in [3.63, 3.8) is 0 Å². The van der Waals surface area contributed by atoms with Crippen LogP contribution in [-0.4, -0.2) is 89.4 Å². The van der Waals surface area contributed by atoms with E-state index < -0.39 is 28.5 Å². The standard InChI is InChI=1S/C14H22N6O6S/c21-14-19-9-10(20(14)26-27(22,23)24)1-2-11(19)13-17-16-12(25-13)3-6-18-7-4-15-5-8-18/h10-11,15H,1-9H2,(H,22,23,24)/t10-,11-/m0/s1. The van der Waals surface area contributed by atoms with E-state index in [0.29, 0.717) is 36.1 Å². The number of urea groups is 1. The van der Waals surface area contributed by atoms with Crippen molar-refractivity contribution in [2.75, 3.05) is 39.3 Å². The Kier molecular flexibility index (Phi) is 5.03. The number of fused-ring (bicyclic) bond motifs is 2. The van der Waals surface area contributed by atoms with Gasteiger partial charge < -0.3 is 19.5 Å². The Morgan fingerprint density at radius 2 is 2.04 bits per heavy atom. The highest BCUT2D eigenvalue weighted by molar-refractivity contribution is 7.80. The highest BCUT2D eigenvalue weighted by atomic mass is 32.3. The highest BCUT2D eigenvalue weighted by Crippen LogP contribution is 2.38. The topological polar surface area (TPSA) is 141 Å². The third kappa shape index (κ3) is 4.06. The molecule has 0 radical (unpaired) electrons. The maximum atomic E-state index is 12.4. The Morgan fingerprint density at radius 3 is 2.78 bits per heavy atom. The van der Waals surface area contributed by atoms with Crippen molar-refractivity contribution < 1.29 is 26.5 Å². The van der Waals surface area contributed by atoms with E-state index in [0.717, 1.165) is 32.7 Å². The van der Waals surface area contributed by atoms with Crippen LogP contribution in [-0.2, 0) is 21.1 Å². The Hall–Kier alpha value is -1.80. The van der Waals surface area contributed by atoms with Crippen LogP contribution in [0.3, 0.4) is 0 Å². The average molecular weight is 402 g/mol. The second-order valence-electron chi connectivity index (χ2n) is 6.89. The van der Waals surface area contributed by atoms with Crippen molar-refractivity contribution in [1.29, 1.82) is 0 Å². The first kappa shape index (κ1) is 18.6. The summed E-state index contributed by atoms with van der Waals surface area (Å²) in [6.07, 6.45) is 1.68. The van der Waals surface area contributed by atoms with E-state index in [-0.39, 0.29) is 6.54 Å². The van der Waals surface area contributed by atoms with Crippen molar-refractivity contribution in [2.45, 2.75) is 31.3 Å². The lowest BCUT2D eigenvalue weighted by Crippen LogP contribution is -2.44. The van der Waals surface area contributed by atoms with Crippen molar-refractivity contribution >= 4 is 16.4 Å². The average Bonchev–Trinajstić information content (AvgIpc) is 3.20. The second kappa shape index (κ2) is 7.31. The molecule has 0 aromatic carbocycles. The van der Waals surface area contributed by atoms with Gasteiger partial charge in [-0.3, -0.25) is 4.55 Å². The molecule has 4 heterocycles. The van der Waals surface area contributed by atoms with Crippen LogP contribution in [0.4, 0.5) is 4.79 Å². The number of nitrogens with zero attached hydrogens (tertiary/aromatic N) is 5. The van der Waals surface area contributed by atoms with Gasteiger partial charge in [0.15, 0.2) is 0 Å². The molecule has 1 aromatic heterocycles. The van der Waals surface area contributed by atoms with E-state index >= 15 is 0 Å². The summed E-state index contributed by atoms with van der Waals surface area (Å²) >= 11 is 0. The highest BCUT2D eigenvalue weighted by Gasteiger charge is 2.49. The third-order valence-electron chi connectivity index (χ3n) is 5.12. The van der Waals surface area contributed by atoms with Gasteiger partial charge in [-0.15, -0.1) is 14.5 Å². The van der Waals surface area contributed by atoms with Crippen LogP contribution in [0.2, 0.25) is 0 Å². The molecular weight excluding hydrogens is 380 g/mol. The molecule has 3 saturated heterocycles. The van der Waals surface area contributed by atoms with E-state index in [2.05, 4.69) is 24.7 Å². The van der Waals surface area contributed by atoms with E-state index in [1.807, 2.05) is 0 Å². The zero-order valence-electron chi connectivity index (χ0n) is 14.7. The Morgan fingerprint density at radius 1 is 1.26 bits per heavy atom. The van der Waals surface area contributed by atoms with E-state index in [1.54, 1.807) is 0 Å². The van der Waals surface area contributed by atoms with Gasteiger partial charge in [0.2, 0.25) is 11.8 Å². The first-order valence-corrected chi connectivity index (χ1v) is 10.3. The van der Waals surface area contributed by atoms with E-state index in [4.69, 9.17) is 8.97 Å². The maximum absolute atomic E-state index is 12.4. The minimum atomic E-state index is -4.76. The van der Waals surface area contributed by atoms with Crippen LogP contribution in [0.5, 0.6) is 0 Å². The van der Waals surface area contributed by atoms with Crippen molar-refractivity contribution in [1.82, 2.24) is 30.4 Å². The van der Waals surface area contributed by atoms with Crippen LogP contribution in [0, 0.1) is 0 Å². The SMILES string of the molecule is O=C1N2C[C@H](CC[C@H]2c2nnc(CCN3CCNCC3)o2)N1OS(=O)(=O)O. The van der Waals surface area contributed by atoms with Crippen molar-refractivity contribution in [3.05, 3.63) is 11.8 Å². The molecular formula is C14H22N6O6S. The normalized spacial score (nSPS) is 26.8. The number of nitrogens with one attached hydrogen (secondary N) is 1. The van der Waals surface area contributed by atoms with Gasteiger partial charge in [-0.1, -0.05) is 0 Å². The molecule has 13 heteroatoms. The van der Waals surface area contributed by atoms with Gasteiger partial charge in [0.1, 0.15) is 6.04 Å². The summed E-state index contributed by atoms with van der Waals surface area (Å²) in [6, 6.07) is -1.50. The van der Waals surface area contributed by atoms with Crippen LogP contribution in [0.25, 0.3) is 0 Å². The Bertz CT molecular complexity index is 794. The molecule has 2 amide bonds. The predicted octanol–water partition coefficient (Wildman–Crippen LogP) is -0.807. The summed E-state index contributed by atoms with van der Waals surface area (Å²) in [5.74, 6) is 0.856. The van der Waals surface area contributed by atoms with Crippen LogP contribution in [0.15, 0.2) is 4.42 Å². The second-order valence-corrected chi connectivity index (χ2v) is 7.89. The van der Waals surface area contributed by atoms with Crippen LogP contribution >= 0.6 is 0 Å². The summed E-state index contributed by atoms with van der Waals surface area (Å²) in [5.41, 5.74) is 0. The van der Waals surface area contributed by atoms with Gasteiger partial charge in [0.25, 0.3) is 0 Å². The van der Waals surface area contributed by atoms with Crippen LogP contribution in [0.1, 0.15) is 30.7 Å². The zero-order valence-corrected chi connectivity index (χ0v) is 15.5. The molecule has 2 N–H and O–H groups in total. The van der Waals surface area contributed by atoms with E-state index in [9.17, 15) is 13.2 Å². The number of carbonyl (C=O) groups excluding carboxylic acids is 1. The molecule has 0 spiro atoms. The first-order chi connectivity index (χ1) is 12.9. The minimum absolute atomic E-state index is 0.275. The van der Waals surface area contributed by atoms with Crippen molar-refractivity contribution in [2.24, 2.45) is 0 Å². The molecule has 0 aliphatic carbocycles. The Balaban J connectivity index is 1.39. The van der Waals surface area contributed by atoms with Gasteiger partial charge in [0, 0.05) is 45.7 Å². The molecule has 3 aliphatic rings. The number of hydrogen-bond donors (Lipinski definition) is 2. The number of rotatable bonds is 6. The van der Waals surface area contributed by atoms with Gasteiger partial charge >= 0.3 is 16.4 Å². The zero-order chi connectivity index (χ0) is 19.0. The largest absolute Gasteiger partial charge is 0.423 e. The fourth-order valence-corrected chi connectivity index (χ4v) is 4.17. The lowest BCUT2D eigenvalue weighted by Gasteiger charge is -2.27. The van der Waals surface area contributed by atoms with Crippen molar-refractivity contribution in [3.8, 4) is 0 Å². The summed E-state index contributed by atoms with van der Waals surface area (Å²) in [6.45, 7) is 5.01. The number of amides is 2. The van der Waals surface area contributed by atoms with Gasteiger partial charge in [-0.05, 0) is 12.8 Å². The lowest BCUT2D eigenvalue weighted by molar-refractivity contribution is -0.0317. The molecule has 0 saturated carbocycles. The number of hydrogen-bond acceptors (Lipinski definition) is 9. The molecule has 12 nitrogen and oxygen atoms in total. The molecule has 1 aromatic rings. The fourth-order valence-electron chi connectivity index (χ4n) is 3.78. The third-order valence-corrected chi connectivity index (χ3v) is 5.47. The monoisotopic (exact) mass is 402 g/mol. The van der Waals surface area contributed by atoms with Gasteiger partial charge in [-0.2, -0.15) is 13.5 Å². The molecule has 0 unspecified atom stereocenters. The molecule has 2 atom stereocenters. The number of piperazine rings is 1. The van der Waals surface area contributed by atoms with Gasteiger partial charge in [-0.25, -0.2) is 4.79 Å². The summed E-state index contributed by atoms with van der Waals surface area (Å²) in [4.78, 5) is 16.2. The molecule has 27 heavy (non-hydrogen) atoms. The lowest BCUT2D eigenvalue weighted by atomic mass is 10.0. The summed E-state index contributed by atoms with van der Waals surface area (Å²) < 4.78 is 40.9. The molecule has 3 aliphatic heterocycles. The number of carbonyl (C=O) groups is 1. The molecule has 150 valence electrons. The smallest absolute Gasteiger partial charge is 0.418 e. The maximum Gasteiger partial charge on any atom is 0.418 e. The number of piperidine rings is 1. The predicted molar refractivity (Wildman–Crippen MR) is 89.6 cm³/mol. The fraction of sp³-hybridized carbons (Fsp3) is 0.786. The number of aromatic nitrogens is 2. The van der Waals surface area contributed by atoms with Gasteiger partial charge in [0.05, 0.1) is 6.04 Å². The van der Waals surface area contributed by atoms with E-state index in [1.165, 1.54) is 4.90 Å². The summed E-state index contributed by atoms with van der Waals surface area (Å²) in [5, 5.41) is 12.2. The molecule has 2 bridgehead atoms. The minimum Gasteiger partial charge on any atom is -0.423 e. The summed E-state index contributed by atoms with van der Waals surface area (Å²) in [7, 11) is -4.76. The first-order valence-electron chi connectivity index (χ1n) is 8.93. The van der Waals surface area contributed by atoms with Crippen LogP contribution < -0.4 is 5.32 Å².